The lowest BCUT2D eigenvalue weighted by Gasteiger charge is -2.26. The van der Waals surface area contributed by atoms with E-state index in [1.54, 1.807) is 43.5 Å². The van der Waals surface area contributed by atoms with Crippen molar-refractivity contribution in [3.05, 3.63) is 105 Å². The smallest absolute Gasteiger partial charge is 0.312 e. The van der Waals surface area contributed by atoms with Crippen LogP contribution in [0, 0.1) is 6.92 Å². The fourth-order valence-corrected chi connectivity index (χ4v) is 4.88. The summed E-state index contributed by atoms with van der Waals surface area (Å²) in [6, 6.07) is 18.0. The summed E-state index contributed by atoms with van der Waals surface area (Å²) in [5, 5.41) is 0.856. The molecule has 2 aliphatic rings. The highest BCUT2D eigenvalue weighted by molar-refractivity contribution is 6.15. The SMILES string of the molecule is COc1ccc(/C=C2\Oc3c(ccc4c3[C@H](c3cc5cccc(C)c5[nH]c3=O)CC(=O)O4)C2=O)cc1. The van der Waals surface area contributed by atoms with E-state index < -0.39 is 11.9 Å². The number of carbonyl (C=O) groups excluding carboxylic acids is 2. The summed E-state index contributed by atoms with van der Waals surface area (Å²) >= 11 is 0. The van der Waals surface area contributed by atoms with E-state index in [0.717, 1.165) is 22.0 Å². The Bertz CT molecular complexity index is 1660. The number of ether oxygens (including phenoxy) is 3. The summed E-state index contributed by atoms with van der Waals surface area (Å²) in [7, 11) is 1.59. The number of H-pyrrole nitrogens is 1. The average molecular weight is 479 g/mol. The summed E-state index contributed by atoms with van der Waals surface area (Å²) in [5.74, 6) is 0.112. The standard InChI is InChI=1S/C29H21NO6/c1-15-4-3-5-17-13-21(29(33)30-26(15)17)20-14-24(31)35-22-11-10-19-27(32)23(36-28(19)25(20)22)12-16-6-8-18(34-2)9-7-16/h3-13,20H,14H2,1-2H3,(H,30,33)/b23-12-/t20-/m0/s1. The molecule has 0 amide bonds. The molecule has 7 heteroatoms. The number of methoxy groups -OCH3 is 1. The molecular formula is C29H21NO6. The van der Waals surface area contributed by atoms with Gasteiger partial charge in [0.05, 0.1) is 24.6 Å². The zero-order valence-electron chi connectivity index (χ0n) is 19.6. The summed E-state index contributed by atoms with van der Waals surface area (Å²) < 4.78 is 16.8. The van der Waals surface area contributed by atoms with Crippen LogP contribution >= 0.6 is 0 Å². The second-order valence-corrected chi connectivity index (χ2v) is 8.89. The van der Waals surface area contributed by atoms with Gasteiger partial charge in [-0.3, -0.25) is 14.4 Å². The van der Waals surface area contributed by atoms with Crippen LogP contribution in [0.1, 0.15) is 45.0 Å². The largest absolute Gasteiger partial charge is 0.497 e. The number of Topliss-reactive ketones (excluding diaryl/α,β-unsaturated/α-hetero) is 1. The van der Waals surface area contributed by atoms with Crippen molar-refractivity contribution in [1.82, 2.24) is 4.98 Å². The minimum absolute atomic E-state index is 0.0427. The van der Waals surface area contributed by atoms with E-state index >= 15 is 0 Å². The highest BCUT2D eigenvalue weighted by Crippen LogP contribution is 2.48. The van der Waals surface area contributed by atoms with E-state index in [0.29, 0.717) is 28.2 Å². The van der Waals surface area contributed by atoms with Crippen molar-refractivity contribution in [1.29, 1.82) is 0 Å². The molecule has 0 spiro atoms. The van der Waals surface area contributed by atoms with Crippen molar-refractivity contribution in [2.45, 2.75) is 19.3 Å². The van der Waals surface area contributed by atoms with Crippen LogP contribution in [0.15, 0.2) is 71.2 Å². The van der Waals surface area contributed by atoms with Gasteiger partial charge in [0.25, 0.3) is 5.56 Å². The minimum atomic E-state index is -0.627. The third-order valence-electron chi connectivity index (χ3n) is 6.69. The fraction of sp³-hybridized carbons (Fsp3) is 0.138. The number of aromatic nitrogens is 1. The molecule has 0 bridgehead atoms. The van der Waals surface area contributed by atoms with Crippen LogP contribution in [0.5, 0.6) is 17.2 Å². The number of hydrogen-bond acceptors (Lipinski definition) is 6. The molecule has 0 unspecified atom stereocenters. The predicted molar refractivity (Wildman–Crippen MR) is 134 cm³/mol. The Morgan fingerprint density at radius 2 is 1.81 bits per heavy atom. The molecule has 0 fully saturated rings. The van der Waals surface area contributed by atoms with E-state index in [1.165, 1.54) is 0 Å². The molecular weight excluding hydrogens is 458 g/mol. The Balaban J connectivity index is 1.48. The van der Waals surface area contributed by atoms with E-state index in [-0.39, 0.29) is 29.3 Å². The Labute approximate surface area is 205 Å². The maximum Gasteiger partial charge on any atom is 0.312 e. The zero-order chi connectivity index (χ0) is 25.0. The normalized spacial score (nSPS) is 17.5. The number of fused-ring (bicyclic) bond motifs is 4. The van der Waals surface area contributed by atoms with Gasteiger partial charge in [0.1, 0.15) is 17.2 Å². The molecule has 3 aromatic carbocycles. The van der Waals surface area contributed by atoms with Gasteiger partial charge in [0, 0.05) is 17.0 Å². The number of carbonyl (C=O) groups is 2. The molecule has 1 aromatic heterocycles. The molecule has 1 N–H and O–H groups in total. The van der Waals surface area contributed by atoms with Crippen LogP contribution in [0.3, 0.4) is 0 Å². The van der Waals surface area contributed by atoms with Crippen LogP contribution < -0.4 is 19.8 Å². The van der Waals surface area contributed by atoms with Gasteiger partial charge < -0.3 is 19.2 Å². The summed E-state index contributed by atoms with van der Waals surface area (Å²) in [4.78, 5) is 41.8. The summed E-state index contributed by atoms with van der Waals surface area (Å²) in [5.41, 5.74) is 3.48. The van der Waals surface area contributed by atoms with Gasteiger partial charge in [0.15, 0.2) is 5.76 Å². The third kappa shape index (κ3) is 3.48. The molecule has 7 nitrogen and oxygen atoms in total. The number of rotatable bonds is 3. The first-order chi connectivity index (χ1) is 17.4. The van der Waals surface area contributed by atoms with E-state index in [4.69, 9.17) is 14.2 Å². The van der Waals surface area contributed by atoms with Gasteiger partial charge in [-0.15, -0.1) is 0 Å². The van der Waals surface area contributed by atoms with Crippen LogP contribution in [0.4, 0.5) is 0 Å². The molecule has 0 aliphatic carbocycles. The lowest BCUT2D eigenvalue weighted by Crippen LogP contribution is -2.26. The number of ketones is 1. The summed E-state index contributed by atoms with van der Waals surface area (Å²) in [6.07, 6.45) is 1.61. The van der Waals surface area contributed by atoms with Crippen molar-refractivity contribution >= 4 is 28.7 Å². The summed E-state index contributed by atoms with van der Waals surface area (Å²) in [6.45, 7) is 1.92. The predicted octanol–water partition coefficient (Wildman–Crippen LogP) is 4.90. The number of aromatic amines is 1. The number of aryl methyl sites for hydroxylation is 1. The van der Waals surface area contributed by atoms with Gasteiger partial charge in [-0.1, -0.05) is 30.3 Å². The number of benzene rings is 3. The number of hydrogen-bond donors (Lipinski definition) is 1. The van der Waals surface area contributed by atoms with Crippen molar-refractivity contribution in [2.24, 2.45) is 0 Å². The van der Waals surface area contributed by atoms with Crippen LogP contribution in [0.2, 0.25) is 0 Å². The molecule has 178 valence electrons. The molecule has 1 atom stereocenters. The van der Waals surface area contributed by atoms with Gasteiger partial charge in [-0.2, -0.15) is 0 Å². The maximum atomic E-state index is 13.2. The number of allylic oxidation sites excluding steroid dienone is 1. The monoisotopic (exact) mass is 479 g/mol. The third-order valence-corrected chi connectivity index (χ3v) is 6.69. The van der Waals surface area contributed by atoms with Gasteiger partial charge >= 0.3 is 5.97 Å². The first-order valence-electron chi connectivity index (χ1n) is 11.5. The Kier molecular flexibility index (Phi) is 5.00. The Morgan fingerprint density at radius 3 is 2.58 bits per heavy atom. The van der Waals surface area contributed by atoms with E-state index in [9.17, 15) is 14.4 Å². The lowest BCUT2D eigenvalue weighted by atomic mass is 9.84. The molecule has 3 heterocycles. The number of nitrogens with one attached hydrogen (secondary N) is 1. The van der Waals surface area contributed by atoms with Gasteiger partial charge in [-0.05, 0) is 59.8 Å². The highest BCUT2D eigenvalue weighted by Gasteiger charge is 2.39. The molecule has 4 aromatic rings. The quantitative estimate of drug-likeness (QED) is 0.255. The van der Waals surface area contributed by atoms with E-state index in [2.05, 4.69) is 4.98 Å². The van der Waals surface area contributed by atoms with Gasteiger partial charge in [0.2, 0.25) is 5.78 Å². The highest BCUT2D eigenvalue weighted by atomic mass is 16.5. The molecule has 6 rings (SSSR count). The topological polar surface area (TPSA) is 94.7 Å². The Hall–Kier alpha value is -4.65. The lowest BCUT2D eigenvalue weighted by molar-refractivity contribution is -0.135. The molecule has 0 saturated heterocycles. The maximum absolute atomic E-state index is 13.2. The fourth-order valence-electron chi connectivity index (χ4n) is 4.88. The molecule has 2 aliphatic heterocycles. The molecule has 0 radical (unpaired) electrons. The Morgan fingerprint density at radius 1 is 1.00 bits per heavy atom. The number of para-hydroxylation sites is 1. The average Bonchev–Trinajstić information content (AvgIpc) is 3.19. The van der Waals surface area contributed by atoms with Crippen molar-refractivity contribution in [3.8, 4) is 17.2 Å². The van der Waals surface area contributed by atoms with Crippen molar-refractivity contribution in [3.63, 3.8) is 0 Å². The van der Waals surface area contributed by atoms with Crippen LogP contribution in [-0.4, -0.2) is 23.8 Å². The second kappa shape index (κ2) is 8.23. The first-order valence-corrected chi connectivity index (χ1v) is 11.5. The second-order valence-electron chi connectivity index (χ2n) is 8.89. The molecule has 36 heavy (non-hydrogen) atoms. The number of pyridine rings is 1. The molecule has 0 saturated carbocycles. The van der Waals surface area contributed by atoms with E-state index in [1.807, 2.05) is 37.3 Å². The number of esters is 1. The first kappa shape index (κ1) is 21.9. The zero-order valence-corrected chi connectivity index (χ0v) is 19.6. The van der Waals surface area contributed by atoms with Crippen molar-refractivity contribution in [2.75, 3.05) is 7.11 Å². The van der Waals surface area contributed by atoms with Crippen molar-refractivity contribution < 1.29 is 23.8 Å². The van der Waals surface area contributed by atoms with Crippen LogP contribution in [0.25, 0.3) is 17.0 Å². The van der Waals surface area contributed by atoms with Gasteiger partial charge in [-0.25, -0.2) is 0 Å². The minimum Gasteiger partial charge on any atom is -0.497 e. The van der Waals surface area contributed by atoms with Crippen LogP contribution in [-0.2, 0) is 4.79 Å².